The van der Waals surface area contributed by atoms with Gasteiger partial charge in [0.1, 0.15) is 18.0 Å². The molecule has 1 saturated carbocycles. The van der Waals surface area contributed by atoms with Gasteiger partial charge in [-0.05, 0) is 49.6 Å². The molecular weight excluding hydrogens is 324 g/mol. The molecule has 0 bridgehead atoms. The van der Waals surface area contributed by atoms with Crippen molar-refractivity contribution in [1.82, 2.24) is 5.32 Å². The third kappa shape index (κ3) is 3.89. The van der Waals surface area contributed by atoms with E-state index in [0.29, 0.717) is 18.9 Å². The number of carbonyl (C=O) groups excluding carboxylic acids is 1. The first-order chi connectivity index (χ1) is 12.2. The lowest BCUT2D eigenvalue weighted by Gasteiger charge is -2.18. The van der Waals surface area contributed by atoms with Crippen LogP contribution >= 0.6 is 0 Å². The van der Waals surface area contributed by atoms with Crippen LogP contribution in [-0.4, -0.2) is 57.3 Å². The van der Waals surface area contributed by atoms with E-state index in [1.54, 1.807) is 31.4 Å². The van der Waals surface area contributed by atoms with Crippen molar-refractivity contribution in [3.05, 3.63) is 24.3 Å². The van der Waals surface area contributed by atoms with Crippen molar-refractivity contribution < 1.29 is 23.7 Å². The maximum Gasteiger partial charge on any atom is 0.412 e. The molecule has 2 saturated heterocycles. The van der Waals surface area contributed by atoms with Crippen molar-refractivity contribution in [1.29, 1.82) is 0 Å². The zero-order chi connectivity index (χ0) is 17.2. The Morgan fingerprint density at radius 2 is 1.92 bits per heavy atom. The van der Waals surface area contributed by atoms with E-state index in [2.05, 4.69) is 10.6 Å². The summed E-state index contributed by atoms with van der Waals surface area (Å²) in [6.07, 6.45) is 1.50. The second kappa shape index (κ2) is 7.19. The highest BCUT2D eigenvalue weighted by molar-refractivity contribution is 5.84. The van der Waals surface area contributed by atoms with Crippen LogP contribution in [0.5, 0.6) is 5.75 Å². The summed E-state index contributed by atoms with van der Waals surface area (Å²) >= 11 is 0. The highest BCUT2D eigenvalue weighted by atomic mass is 16.6. The smallest absolute Gasteiger partial charge is 0.412 e. The predicted octanol–water partition coefficient (Wildman–Crippen LogP) is 1.78. The van der Waals surface area contributed by atoms with Crippen LogP contribution in [0.3, 0.4) is 0 Å². The molecule has 0 unspecified atom stereocenters. The van der Waals surface area contributed by atoms with Gasteiger partial charge < -0.3 is 24.3 Å². The van der Waals surface area contributed by atoms with E-state index in [4.69, 9.17) is 18.9 Å². The average molecular weight is 348 g/mol. The van der Waals surface area contributed by atoms with Gasteiger partial charge in [-0.25, -0.2) is 4.79 Å². The Hall–Kier alpha value is -1.83. The fourth-order valence-electron chi connectivity index (χ4n) is 3.34. The molecule has 25 heavy (non-hydrogen) atoms. The van der Waals surface area contributed by atoms with Crippen LogP contribution in [0, 0.1) is 5.92 Å². The quantitative estimate of drug-likeness (QED) is 0.816. The molecule has 1 aliphatic carbocycles. The zero-order valence-electron chi connectivity index (χ0n) is 14.3. The van der Waals surface area contributed by atoms with Crippen LogP contribution < -0.4 is 15.4 Å². The Labute approximate surface area is 147 Å². The van der Waals surface area contributed by atoms with Gasteiger partial charge in [-0.3, -0.25) is 5.32 Å². The van der Waals surface area contributed by atoms with Gasteiger partial charge in [-0.1, -0.05) is 0 Å². The summed E-state index contributed by atoms with van der Waals surface area (Å²) in [5, 5.41) is 6.24. The van der Waals surface area contributed by atoms with E-state index in [1.165, 1.54) is 12.8 Å². The number of amides is 1. The molecule has 1 aromatic rings. The number of anilines is 1. The number of nitrogens with one attached hydrogen (secondary N) is 2. The van der Waals surface area contributed by atoms with E-state index >= 15 is 0 Å². The SMILES string of the molecule is COc1ccc(NC(=O)O[C@H]2CO[C@@H]3[C@@H]2OC[C@@H]3NCC2CC2)cc1. The molecule has 1 aromatic carbocycles. The van der Waals surface area contributed by atoms with Gasteiger partial charge in [0.25, 0.3) is 0 Å². The minimum atomic E-state index is -0.502. The maximum absolute atomic E-state index is 12.1. The summed E-state index contributed by atoms with van der Waals surface area (Å²) in [7, 11) is 1.60. The summed E-state index contributed by atoms with van der Waals surface area (Å²) in [6, 6.07) is 7.26. The first kappa shape index (κ1) is 16.6. The van der Waals surface area contributed by atoms with Crippen LogP contribution in [0.15, 0.2) is 24.3 Å². The fraction of sp³-hybridized carbons (Fsp3) is 0.611. The third-order valence-corrected chi connectivity index (χ3v) is 4.97. The van der Waals surface area contributed by atoms with E-state index in [9.17, 15) is 4.79 Å². The van der Waals surface area contributed by atoms with Crippen molar-refractivity contribution in [2.24, 2.45) is 5.92 Å². The summed E-state index contributed by atoms with van der Waals surface area (Å²) < 4.78 is 22.3. The molecule has 1 amide bonds. The highest BCUT2D eigenvalue weighted by Crippen LogP contribution is 2.31. The van der Waals surface area contributed by atoms with E-state index < -0.39 is 6.09 Å². The van der Waals surface area contributed by atoms with Gasteiger partial charge in [-0.15, -0.1) is 0 Å². The predicted molar refractivity (Wildman–Crippen MR) is 90.9 cm³/mol. The summed E-state index contributed by atoms with van der Waals surface area (Å²) in [5.41, 5.74) is 0.651. The number of fused-ring (bicyclic) bond motifs is 1. The van der Waals surface area contributed by atoms with Gasteiger partial charge in [-0.2, -0.15) is 0 Å². The molecule has 2 N–H and O–H groups in total. The van der Waals surface area contributed by atoms with Crippen molar-refractivity contribution in [2.75, 3.05) is 32.2 Å². The molecular formula is C18H24N2O5. The van der Waals surface area contributed by atoms with Crippen LogP contribution in [-0.2, 0) is 14.2 Å². The number of methoxy groups -OCH3 is 1. The lowest BCUT2D eigenvalue weighted by molar-refractivity contribution is 0.00856. The van der Waals surface area contributed by atoms with Gasteiger partial charge >= 0.3 is 6.09 Å². The molecule has 4 rings (SSSR count). The van der Waals surface area contributed by atoms with Crippen molar-refractivity contribution in [3.63, 3.8) is 0 Å². The fourth-order valence-corrected chi connectivity index (χ4v) is 3.34. The van der Waals surface area contributed by atoms with Gasteiger partial charge in [0.05, 0.1) is 26.4 Å². The van der Waals surface area contributed by atoms with Gasteiger partial charge in [0.2, 0.25) is 0 Å². The first-order valence-corrected chi connectivity index (χ1v) is 8.81. The number of carbonyl (C=O) groups is 1. The Bertz CT molecular complexity index is 604. The Morgan fingerprint density at radius 3 is 2.64 bits per heavy atom. The van der Waals surface area contributed by atoms with E-state index in [1.807, 2.05) is 0 Å². The minimum Gasteiger partial charge on any atom is -0.497 e. The van der Waals surface area contributed by atoms with E-state index in [-0.39, 0.29) is 24.4 Å². The van der Waals surface area contributed by atoms with Crippen LogP contribution in [0.2, 0.25) is 0 Å². The molecule has 7 nitrogen and oxygen atoms in total. The van der Waals surface area contributed by atoms with Crippen LogP contribution in [0.25, 0.3) is 0 Å². The zero-order valence-corrected chi connectivity index (χ0v) is 14.3. The van der Waals surface area contributed by atoms with Crippen LogP contribution in [0.4, 0.5) is 10.5 Å². The number of ether oxygens (including phenoxy) is 4. The molecule has 0 spiro atoms. The van der Waals surface area contributed by atoms with Gasteiger partial charge in [0, 0.05) is 5.69 Å². The second-order valence-electron chi connectivity index (χ2n) is 6.85. The summed E-state index contributed by atoms with van der Waals surface area (Å²) in [6.45, 7) is 1.99. The van der Waals surface area contributed by atoms with Crippen LogP contribution in [0.1, 0.15) is 12.8 Å². The first-order valence-electron chi connectivity index (χ1n) is 8.81. The van der Waals surface area contributed by atoms with Crippen molar-refractivity contribution in [2.45, 2.75) is 37.2 Å². The third-order valence-electron chi connectivity index (χ3n) is 4.97. The lowest BCUT2D eigenvalue weighted by Crippen LogP contribution is -2.42. The molecule has 136 valence electrons. The highest BCUT2D eigenvalue weighted by Gasteiger charge is 2.49. The Morgan fingerprint density at radius 1 is 1.16 bits per heavy atom. The molecule has 0 aromatic heterocycles. The molecule has 0 radical (unpaired) electrons. The van der Waals surface area contributed by atoms with E-state index in [0.717, 1.165) is 18.2 Å². The van der Waals surface area contributed by atoms with Crippen molar-refractivity contribution in [3.8, 4) is 5.75 Å². The largest absolute Gasteiger partial charge is 0.497 e. The monoisotopic (exact) mass is 348 g/mol. The standard InChI is InChI=1S/C18H24N2O5/c1-22-13-6-4-12(5-7-13)20-18(21)25-15-10-24-16-14(9-23-17(15)16)19-8-11-2-3-11/h4-7,11,14-17,19H,2-3,8-10H2,1H3,(H,20,21)/t14-,15-,16-,17+/m0/s1. The average Bonchev–Trinajstić information content (AvgIpc) is 3.24. The van der Waals surface area contributed by atoms with Gasteiger partial charge in [0.15, 0.2) is 6.10 Å². The molecule has 4 atom stereocenters. The molecule has 7 heteroatoms. The minimum absolute atomic E-state index is 0.0439. The number of hydrogen-bond donors (Lipinski definition) is 2. The lowest BCUT2D eigenvalue weighted by atomic mass is 10.1. The second-order valence-corrected chi connectivity index (χ2v) is 6.85. The number of benzene rings is 1. The Balaban J connectivity index is 1.27. The topological polar surface area (TPSA) is 78.1 Å². The molecule has 2 aliphatic heterocycles. The maximum atomic E-state index is 12.1. The number of hydrogen-bond acceptors (Lipinski definition) is 6. The number of rotatable bonds is 6. The summed E-state index contributed by atoms with van der Waals surface area (Å²) in [4.78, 5) is 12.1. The van der Waals surface area contributed by atoms with Crippen molar-refractivity contribution >= 4 is 11.8 Å². The molecule has 2 heterocycles. The molecule has 3 fully saturated rings. The normalized spacial score (nSPS) is 30.8. The Kier molecular flexibility index (Phi) is 4.78. The molecule has 3 aliphatic rings. The summed E-state index contributed by atoms with van der Waals surface area (Å²) in [5.74, 6) is 1.54.